The van der Waals surface area contributed by atoms with Crippen molar-refractivity contribution in [3.05, 3.63) is 77.5 Å². The van der Waals surface area contributed by atoms with Crippen LogP contribution in [0, 0.1) is 6.92 Å². The lowest BCUT2D eigenvalue weighted by atomic mass is 10.1. The second-order valence-electron chi connectivity index (χ2n) is 6.26. The number of rotatable bonds is 4. The third-order valence-electron chi connectivity index (χ3n) is 4.06. The van der Waals surface area contributed by atoms with Crippen LogP contribution in [-0.2, 0) is 9.53 Å². The van der Waals surface area contributed by atoms with Crippen LogP contribution >= 0.6 is 0 Å². The summed E-state index contributed by atoms with van der Waals surface area (Å²) in [6.45, 7) is 1.82. The molecule has 0 saturated carbocycles. The summed E-state index contributed by atoms with van der Waals surface area (Å²) < 4.78 is 5.65. The van der Waals surface area contributed by atoms with E-state index in [1.165, 1.54) is 4.90 Å². The van der Waals surface area contributed by atoms with Gasteiger partial charge in [0.2, 0.25) is 6.10 Å². The van der Waals surface area contributed by atoms with Gasteiger partial charge in [-0.05, 0) is 19.1 Å². The molecule has 2 aromatic carbocycles. The molecule has 26 heavy (non-hydrogen) atoms. The van der Waals surface area contributed by atoms with E-state index in [1.54, 1.807) is 32.3 Å². The van der Waals surface area contributed by atoms with E-state index in [-0.39, 0.29) is 5.91 Å². The molecular weight excluding hydrogens is 328 g/mol. The van der Waals surface area contributed by atoms with Crippen LogP contribution in [0.4, 0.5) is 0 Å². The summed E-state index contributed by atoms with van der Waals surface area (Å²) in [7, 11) is 3.27. The Morgan fingerprint density at radius 1 is 1.00 bits per heavy atom. The summed E-state index contributed by atoms with van der Waals surface area (Å²) in [5, 5.41) is 0.701. The Labute approximate surface area is 152 Å². The van der Waals surface area contributed by atoms with Gasteiger partial charge in [-0.2, -0.15) is 0 Å². The first-order valence-electron chi connectivity index (χ1n) is 8.31. The van der Waals surface area contributed by atoms with Gasteiger partial charge in [-0.15, -0.1) is 0 Å². The summed E-state index contributed by atoms with van der Waals surface area (Å²) in [5.41, 5.74) is 2.47. The lowest BCUT2D eigenvalue weighted by molar-refractivity contribution is -0.138. The van der Waals surface area contributed by atoms with Crippen molar-refractivity contribution in [3.63, 3.8) is 0 Å². The van der Waals surface area contributed by atoms with Crippen LogP contribution in [0.1, 0.15) is 27.7 Å². The van der Waals surface area contributed by atoms with E-state index in [2.05, 4.69) is 4.98 Å². The summed E-state index contributed by atoms with van der Waals surface area (Å²) >= 11 is 0. The molecule has 0 spiro atoms. The van der Waals surface area contributed by atoms with Crippen LogP contribution in [0.25, 0.3) is 10.9 Å². The molecule has 132 valence electrons. The van der Waals surface area contributed by atoms with E-state index >= 15 is 0 Å². The van der Waals surface area contributed by atoms with Crippen LogP contribution in [0.3, 0.4) is 0 Å². The van der Waals surface area contributed by atoms with E-state index in [4.69, 9.17) is 4.74 Å². The maximum atomic E-state index is 12.9. The number of carbonyl (C=O) groups excluding carboxylic acids is 2. The minimum Gasteiger partial charge on any atom is -0.444 e. The van der Waals surface area contributed by atoms with E-state index in [0.717, 1.165) is 5.52 Å². The first-order chi connectivity index (χ1) is 12.5. The predicted octanol–water partition coefficient (Wildman–Crippen LogP) is 3.53. The van der Waals surface area contributed by atoms with Gasteiger partial charge in [-0.25, -0.2) is 4.79 Å². The summed E-state index contributed by atoms with van der Waals surface area (Å²) in [6.07, 6.45) is -0.995. The number of esters is 1. The normalized spacial score (nSPS) is 11.8. The molecule has 1 amide bonds. The topological polar surface area (TPSA) is 59.5 Å². The molecule has 0 N–H and O–H groups in total. The standard InChI is InChI=1S/C21H20N2O3/c1-14-13-17(16-11-7-8-12-18(16)22-14)21(25)26-19(20(24)23(2)3)15-9-5-4-6-10-15/h4-13,19H,1-3H3. The number of ether oxygens (including phenoxy) is 1. The number of para-hydroxylation sites is 1. The maximum absolute atomic E-state index is 12.9. The molecule has 0 aliphatic rings. The van der Waals surface area contributed by atoms with Crippen molar-refractivity contribution in [3.8, 4) is 0 Å². The zero-order valence-corrected chi connectivity index (χ0v) is 15.0. The zero-order valence-electron chi connectivity index (χ0n) is 15.0. The number of aromatic nitrogens is 1. The highest BCUT2D eigenvalue weighted by Crippen LogP contribution is 2.24. The van der Waals surface area contributed by atoms with Crippen molar-refractivity contribution in [2.75, 3.05) is 14.1 Å². The fourth-order valence-electron chi connectivity index (χ4n) is 2.77. The third-order valence-corrected chi connectivity index (χ3v) is 4.06. The van der Waals surface area contributed by atoms with Crippen LogP contribution in [-0.4, -0.2) is 35.9 Å². The molecule has 3 aromatic rings. The van der Waals surface area contributed by atoms with Crippen LogP contribution < -0.4 is 0 Å². The molecule has 3 rings (SSSR count). The van der Waals surface area contributed by atoms with Crippen LogP contribution in [0.15, 0.2) is 60.7 Å². The number of hydrogen-bond acceptors (Lipinski definition) is 4. The molecule has 0 bridgehead atoms. The van der Waals surface area contributed by atoms with Gasteiger partial charge in [0.25, 0.3) is 5.91 Å². The fraction of sp³-hybridized carbons (Fsp3) is 0.190. The summed E-state index contributed by atoms with van der Waals surface area (Å²) in [6, 6.07) is 18.1. The van der Waals surface area contributed by atoms with Crippen molar-refractivity contribution in [1.82, 2.24) is 9.88 Å². The lowest BCUT2D eigenvalue weighted by Crippen LogP contribution is -2.31. The Hall–Kier alpha value is -3.21. The van der Waals surface area contributed by atoms with Crippen molar-refractivity contribution in [2.45, 2.75) is 13.0 Å². The average molecular weight is 348 g/mol. The number of amides is 1. The SMILES string of the molecule is Cc1cc(C(=O)OC(C(=O)N(C)C)c2ccccc2)c2ccccc2n1. The monoisotopic (exact) mass is 348 g/mol. The summed E-state index contributed by atoms with van der Waals surface area (Å²) in [4.78, 5) is 31.3. The first-order valence-corrected chi connectivity index (χ1v) is 8.31. The Bertz CT molecular complexity index is 952. The molecule has 0 aliphatic carbocycles. The van der Waals surface area contributed by atoms with Crippen molar-refractivity contribution in [1.29, 1.82) is 0 Å². The molecule has 0 saturated heterocycles. The number of nitrogens with zero attached hydrogens (tertiary/aromatic N) is 2. The van der Waals surface area contributed by atoms with E-state index < -0.39 is 12.1 Å². The van der Waals surface area contributed by atoms with E-state index in [9.17, 15) is 9.59 Å². The molecule has 1 aromatic heterocycles. The molecule has 1 heterocycles. The number of pyridine rings is 1. The minimum absolute atomic E-state index is 0.292. The summed E-state index contributed by atoms with van der Waals surface area (Å²) in [5.74, 6) is -0.838. The first kappa shape index (κ1) is 17.6. The van der Waals surface area contributed by atoms with Crippen molar-refractivity contribution >= 4 is 22.8 Å². The Morgan fingerprint density at radius 2 is 1.65 bits per heavy atom. The maximum Gasteiger partial charge on any atom is 0.340 e. The number of benzene rings is 2. The molecule has 0 aliphatic heterocycles. The smallest absolute Gasteiger partial charge is 0.340 e. The average Bonchev–Trinajstić information content (AvgIpc) is 2.65. The fourth-order valence-corrected chi connectivity index (χ4v) is 2.77. The zero-order chi connectivity index (χ0) is 18.7. The molecule has 1 atom stereocenters. The third kappa shape index (κ3) is 3.57. The van der Waals surface area contributed by atoms with Gasteiger partial charge in [-0.1, -0.05) is 48.5 Å². The Morgan fingerprint density at radius 3 is 2.35 bits per heavy atom. The Kier molecular flexibility index (Phi) is 4.98. The van der Waals surface area contributed by atoms with Crippen LogP contribution in [0.5, 0.6) is 0 Å². The largest absolute Gasteiger partial charge is 0.444 e. The van der Waals surface area contributed by atoms with E-state index in [1.807, 2.05) is 49.4 Å². The molecular formula is C21H20N2O3. The number of fused-ring (bicyclic) bond motifs is 1. The van der Waals surface area contributed by atoms with Gasteiger partial charge in [0.15, 0.2) is 0 Å². The van der Waals surface area contributed by atoms with Gasteiger partial charge in [-0.3, -0.25) is 9.78 Å². The van der Waals surface area contributed by atoms with Crippen molar-refractivity contribution < 1.29 is 14.3 Å². The number of carbonyl (C=O) groups is 2. The highest BCUT2D eigenvalue weighted by molar-refractivity contribution is 6.04. The quantitative estimate of drug-likeness (QED) is 0.677. The highest BCUT2D eigenvalue weighted by Gasteiger charge is 2.27. The van der Waals surface area contributed by atoms with Gasteiger partial charge in [0, 0.05) is 30.7 Å². The molecule has 5 nitrogen and oxygen atoms in total. The van der Waals surface area contributed by atoms with Gasteiger partial charge in [0.1, 0.15) is 0 Å². The second-order valence-corrected chi connectivity index (χ2v) is 6.26. The number of likely N-dealkylation sites (N-methyl/N-ethyl adjacent to an activating group) is 1. The minimum atomic E-state index is -0.995. The lowest BCUT2D eigenvalue weighted by Gasteiger charge is -2.21. The van der Waals surface area contributed by atoms with E-state index in [0.29, 0.717) is 22.2 Å². The van der Waals surface area contributed by atoms with Gasteiger partial charge < -0.3 is 9.64 Å². The molecule has 5 heteroatoms. The van der Waals surface area contributed by atoms with Gasteiger partial charge >= 0.3 is 5.97 Å². The number of aryl methyl sites for hydroxylation is 1. The van der Waals surface area contributed by atoms with Crippen molar-refractivity contribution in [2.24, 2.45) is 0 Å². The highest BCUT2D eigenvalue weighted by atomic mass is 16.5. The van der Waals surface area contributed by atoms with Gasteiger partial charge in [0.05, 0.1) is 11.1 Å². The van der Waals surface area contributed by atoms with Crippen LogP contribution in [0.2, 0.25) is 0 Å². The molecule has 1 unspecified atom stereocenters. The number of hydrogen-bond donors (Lipinski definition) is 0. The second kappa shape index (κ2) is 7.35. The predicted molar refractivity (Wildman–Crippen MR) is 99.8 cm³/mol. The molecule has 0 fully saturated rings. The Balaban J connectivity index is 2.00. The molecule has 0 radical (unpaired) electrons.